The van der Waals surface area contributed by atoms with Crippen LogP contribution in [0.15, 0.2) is 49.4 Å². The average molecular weight is 490 g/mol. The van der Waals surface area contributed by atoms with Gasteiger partial charge in [-0.3, -0.25) is 0 Å². The second kappa shape index (κ2) is 8.80. The number of thioether (sulfide) groups is 1. The molecule has 1 unspecified atom stereocenters. The Morgan fingerprint density at radius 1 is 1.15 bits per heavy atom. The van der Waals surface area contributed by atoms with Crippen molar-refractivity contribution in [2.45, 2.75) is 26.0 Å². The molecule has 106 valence electrons. The van der Waals surface area contributed by atoms with Gasteiger partial charge in [0.15, 0.2) is 0 Å². The summed E-state index contributed by atoms with van der Waals surface area (Å²) in [6.07, 6.45) is 8.01. The molecule has 1 atom stereocenters. The summed E-state index contributed by atoms with van der Waals surface area (Å²) < 4.78 is 1.24. The number of allylic oxidation sites excluding steroid dienone is 8. The molecule has 3 aliphatic rings. The Morgan fingerprint density at radius 3 is 2.35 bits per heavy atom. The van der Waals surface area contributed by atoms with Crippen molar-refractivity contribution >= 4 is 27.7 Å². The van der Waals surface area contributed by atoms with Crippen LogP contribution in [-0.4, -0.2) is 5.25 Å². The van der Waals surface area contributed by atoms with E-state index in [0.29, 0.717) is 5.25 Å². The average Bonchev–Trinajstić information content (AvgIpc) is 2.70. The van der Waals surface area contributed by atoms with Gasteiger partial charge in [0.1, 0.15) is 0 Å². The van der Waals surface area contributed by atoms with Crippen LogP contribution in [0.3, 0.4) is 0 Å². The summed E-state index contributed by atoms with van der Waals surface area (Å²) in [6, 6.07) is 0. The third-order valence-corrected chi connectivity index (χ3v) is 5.40. The third kappa shape index (κ3) is 3.78. The Kier molecular flexibility index (Phi) is 10.4. The van der Waals surface area contributed by atoms with Crippen molar-refractivity contribution in [1.82, 2.24) is 0 Å². The SMILES string of the molecule is CC1=CC2=CC3SC(C)=C(C)C3=C(Br)C2=[C-]1.[Cl-].[Cl-].[Cl-].[Zr+4]. The number of rotatable bonds is 0. The molecular formula is C14H12BrCl3SZr. The van der Waals surface area contributed by atoms with Crippen molar-refractivity contribution < 1.29 is 63.4 Å². The fourth-order valence-corrected chi connectivity index (χ4v) is 4.69. The zero-order chi connectivity index (χ0) is 11.4. The summed E-state index contributed by atoms with van der Waals surface area (Å²) in [4.78, 5) is 1.44. The van der Waals surface area contributed by atoms with E-state index in [2.05, 4.69) is 54.9 Å². The van der Waals surface area contributed by atoms with Gasteiger partial charge < -0.3 is 37.2 Å². The van der Waals surface area contributed by atoms with E-state index in [9.17, 15) is 0 Å². The molecule has 0 spiro atoms. The van der Waals surface area contributed by atoms with Gasteiger partial charge in [0.05, 0.1) is 0 Å². The summed E-state index contributed by atoms with van der Waals surface area (Å²) in [5, 5.41) is 0.497. The van der Waals surface area contributed by atoms with Crippen LogP contribution in [0.25, 0.3) is 0 Å². The van der Waals surface area contributed by atoms with Crippen LogP contribution in [0.4, 0.5) is 0 Å². The molecule has 0 aromatic heterocycles. The van der Waals surface area contributed by atoms with Crippen molar-refractivity contribution in [1.29, 1.82) is 0 Å². The molecule has 0 saturated carbocycles. The van der Waals surface area contributed by atoms with Crippen molar-refractivity contribution in [3.05, 3.63) is 55.5 Å². The molecule has 0 radical (unpaired) electrons. The van der Waals surface area contributed by atoms with Gasteiger partial charge in [-0.2, -0.15) is 6.08 Å². The summed E-state index contributed by atoms with van der Waals surface area (Å²) in [6.45, 7) is 6.53. The first-order valence-corrected chi connectivity index (χ1v) is 7.04. The second-order valence-corrected chi connectivity index (χ2v) is 6.55. The molecule has 1 aliphatic heterocycles. The number of fused-ring (bicyclic) bond motifs is 2. The van der Waals surface area contributed by atoms with Crippen molar-refractivity contribution in [2.24, 2.45) is 0 Å². The van der Waals surface area contributed by atoms with Crippen LogP contribution < -0.4 is 37.2 Å². The molecule has 0 N–H and O–H groups in total. The molecule has 0 aromatic carbocycles. The van der Waals surface area contributed by atoms with Gasteiger partial charge in [0.2, 0.25) is 0 Å². The number of hydrogen-bond donors (Lipinski definition) is 0. The smallest absolute Gasteiger partial charge is 1.00 e. The Bertz CT molecular complexity index is 559. The maximum Gasteiger partial charge on any atom is 4.00 e. The molecule has 20 heavy (non-hydrogen) atoms. The topological polar surface area (TPSA) is 0 Å². The van der Waals surface area contributed by atoms with E-state index in [1.165, 1.54) is 37.3 Å². The quantitative estimate of drug-likeness (QED) is 0.310. The first-order valence-electron chi connectivity index (χ1n) is 5.37. The summed E-state index contributed by atoms with van der Waals surface area (Å²) >= 11 is 5.71. The third-order valence-electron chi connectivity index (χ3n) is 3.29. The van der Waals surface area contributed by atoms with Gasteiger partial charge >= 0.3 is 26.2 Å². The zero-order valence-corrected chi connectivity index (χ0v) is 18.3. The van der Waals surface area contributed by atoms with E-state index in [-0.39, 0.29) is 63.4 Å². The van der Waals surface area contributed by atoms with Crippen molar-refractivity contribution in [2.75, 3.05) is 0 Å². The largest absolute Gasteiger partial charge is 4.00 e. The van der Waals surface area contributed by atoms with Gasteiger partial charge in [0, 0.05) is 5.25 Å². The summed E-state index contributed by atoms with van der Waals surface area (Å²) in [5.41, 5.74) is 6.65. The molecule has 1 heterocycles. The van der Waals surface area contributed by atoms with Crippen LogP contribution in [0, 0.1) is 6.08 Å². The number of halogens is 4. The molecule has 6 heteroatoms. The van der Waals surface area contributed by atoms with Crippen LogP contribution in [0.1, 0.15) is 20.8 Å². The standard InChI is InChI=1S/C14H12BrS.3ClH.Zr/c1-7-4-10-6-12-13(8(2)9(3)16-12)14(15)11(10)5-7;;;;/h4,6,12H,1-3H3;3*1H;/q-1;;;;+4/p-3. The normalized spacial score (nSPS) is 22.2. The maximum atomic E-state index is 3.76. The molecular weight excluding hydrogens is 478 g/mol. The predicted octanol–water partition coefficient (Wildman–Crippen LogP) is -4.32. The number of hydrogen-bond acceptors (Lipinski definition) is 1. The Labute approximate surface area is 171 Å². The van der Waals surface area contributed by atoms with Crippen LogP contribution >= 0.6 is 27.7 Å². The molecule has 2 aliphatic carbocycles. The Balaban J connectivity index is 0. The maximum absolute atomic E-state index is 3.76. The Morgan fingerprint density at radius 2 is 1.75 bits per heavy atom. The summed E-state index contributed by atoms with van der Waals surface area (Å²) in [5.74, 6) is 0. The van der Waals surface area contributed by atoms with Crippen molar-refractivity contribution in [3.63, 3.8) is 0 Å². The van der Waals surface area contributed by atoms with Crippen LogP contribution in [0.5, 0.6) is 0 Å². The van der Waals surface area contributed by atoms with E-state index in [0.717, 1.165) is 0 Å². The zero-order valence-electron chi connectivity index (χ0n) is 11.2. The van der Waals surface area contributed by atoms with Crippen molar-refractivity contribution in [3.8, 4) is 0 Å². The first-order chi connectivity index (χ1) is 7.58. The second-order valence-electron chi connectivity index (χ2n) is 4.40. The van der Waals surface area contributed by atoms with Gasteiger partial charge in [-0.1, -0.05) is 17.0 Å². The molecule has 0 nitrogen and oxygen atoms in total. The fraction of sp³-hybridized carbons (Fsp3) is 0.286. The molecule has 3 rings (SSSR count). The van der Waals surface area contributed by atoms with E-state index in [4.69, 9.17) is 0 Å². The van der Waals surface area contributed by atoms with Gasteiger partial charge in [0.25, 0.3) is 0 Å². The molecule has 0 amide bonds. The van der Waals surface area contributed by atoms with E-state index in [1.807, 2.05) is 11.8 Å². The van der Waals surface area contributed by atoms with Gasteiger partial charge in [-0.25, -0.2) is 0 Å². The first kappa shape index (κ1) is 23.5. The van der Waals surface area contributed by atoms with Crippen LogP contribution in [0.2, 0.25) is 0 Å². The Hall–Kier alpha value is 1.28. The molecule has 0 saturated heterocycles. The molecule has 0 bridgehead atoms. The van der Waals surface area contributed by atoms with E-state index < -0.39 is 0 Å². The van der Waals surface area contributed by atoms with E-state index >= 15 is 0 Å². The minimum atomic E-state index is 0. The monoisotopic (exact) mass is 486 g/mol. The summed E-state index contributed by atoms with van der Waals surface area (Å²) in [7, 11) is 0. The van der Waals surface area contributed by atoms with Crippen LogP contribution in [-0.2, 0) is 26.2 Å². The fourth-order valence-electron chi connectivity index (χ4n) is 2.37. The van der Waals surface area contributed by atoms with Gasteiger partial charge in [-0.15, -0.1) is 56.6 Å². The van der Waals surface area contributed by atoms with E-state index in [1.54, 1.807) is 0 Å². The minimum Gasteiger partial charge on any atom is -1.00 e. The predicted molar refractivity (Wildman–Crippen MR) is 74.3 cm³/mol. The molecule has 0 aromatic rings. The van der Waals surface area contributed by atoms with Gasteiger partial charge in [-0.05, 0) is 24.3 Å². The molecule has 0 fully saturated rings. The minimum absolute atomic E-state index is 0.